The molecule has 0 saturated carbocycles. The molecule has 2 aromatic rings. The summed E-state index contributed by atoms with van der Waals surface area (Å²) in [4.78, 5) is 15.1. The molecule has 0 bridgehead atoms. The highest BCUT2D eigenvalue weighted by Crippen LogP contribution is 2.41. The maximum atomic E-state index is 14.1. The number of benzene rings is 1. The molecule has 0 unspecified atom stereocenters. The molecule has 1 aliphatic heterocycles. The monoisotopic (exact) mass is 508 g/mol. The second-order valence-corrected chi connectivity index (χ2v) is 8.53. The van der Waals surface area contributed by atoms with Crippen molar-refractivity contribution in [1.82, 2.24) is 14.7 Å². The standard InChI is InChI=1S/C18H17BrClF3N4OS/c1-18(22,23)12-9(21)5-4-6-10(12)24-16(28)11-8(7-26(2)17(11)29)14-13(19)15(20)27(3)25-14/h4-6,8,11H,7H2,1-3H3,(H,24,28)/t8-,11-/m0/s1. The van der Waals surface area contributed by atoms with Crippen LogP contribution in [-0.4, -0.2) is 39.2 Å². The fraction of sp³-hybridized carbons (Fsp3) is 0.389. The van der Waals surface area contributed by atoms with Gasteiger partial charge in [0.15, 0.2) is 0 Å². The van der Waals surface area contributed by atoms with E-state index in [4.69, 9.17) is 23.8 Å². The zero-order chi connectivity index (χ0) is 21.7. The molecule has 11 heteroatoms. The largest absolute Gasteiger partial charge is 0.368 e. The second-order valence-electron chi connectivity index (χ2n) is 6.96. The van der Waals surface area contributed by atoms with Crippen LogP contribution in [0.25, 0.3) is 0 Å². The SMILES string of the molecule is CN1C[C@H](c2nn(C)c(Cl)c2Br)[C@@H](C(=O)Nc2cccc(F)c2C(C)(F)F)C1=S. The molecule has 2 atom stereocenters. The summed E-state index contributed by atoms with van der Waals surface area (Å²) in [6.07, 6.45) is 0. The molecule has 1 saturated heterocycles. The molecule has 29 heavy (non-hydrogen) atoms. The molecule has 1 fully saturated rings. The molecule has 1 aromatic heterocycles. The summed E-state index contributed by atoms with van der Waals surface area (Å²) in [7, 11) is 3.39. The molecule has 2 heterocycles. The first-order valence-corrected chi connectivity index (χ1v) is 10.1. The van der Waals surface area contributed by atoms with E-state index in [1.165, 1.54) is 16.8 Å². The van der Waals surface area contributed by atoms with Gasteiger partial charge >= 0.3 is 0 Å². The number of amides is 1. The molecule has 0 radical (unpaired) electrons. The zero-order valence-corrected chi connectivity index (χ0v) is 18.8. The number of rotatable bonds is 4. The van der Waals surface area contributed by atoms with Crippen molar-refractivity contribution in [2.75, 3.05) is 18.9 Å². The number of carbonyl (C=O) groups is 1. The number of nitrogens with one attached hydrogen (secondary N) is 1. The van der Waals surface area contributed by atoms with Crippen LogP contribution in [0, 0.1) is 11.7 Å². The molecule has 1 N–H and O–H groups in total. The van der Waals surface area contributed by atoms with Crippen LogP contribution in [0.4, 0.5) is 18.9 Å². The average Bonchev–Trinajstić information content (AvgIpc) is 3.04. The fourth-order valence-electron chi connectivity index (χ4n) is 3.46. The third-order valence-corrected chi connectivity index (χ3v) is 6.82. The highest BCUT2D eigenvalue weighted by molar-refractivity contribution is 9.10. The van der Waals surface area contributed by atoms with Gasteiger partial charge in [0, 0.05) is 33.5 Å². The van der Waals surface area contributed by atoms with Crippen molar-refractivity contribution in [2.24, 2.45) is 13.0 Å². The molecule has 156 valence electrons. The van der Waals surface area contributed by atoms with Crippen molar-refractivity contribution >= 4 is 56.3 Å². The number of likely N-dealkylation sites (tertiary alicyclic amines) is 1. The van der Waals surface area contributed by atoms with Gasteiger partial charge in [-0.25, -0.2) is 13.2 Å². The first kappa shape index (κ1) is 22.0. The molecule has 1 aliphatic rings. The van der Waals surface area contributed by atoms with Crippen LogP contribution in [0.2, 0.25) is 5.15 Å². The van der Waals surface area contributed by atoms with Crippen LogP contribution in [0.1, 0.15) is 24.1 Å². The Hall–Kier alpha value is -1.65. The Labute approximate surface area is 184 Å². The van der Waals surface area contributed by atoms with Crippen molar-refractivity contribution in [3.63, 3.8) is 0 Å². The molecule has 1 amide bonds. The average molecular weight is 510 g/mol. The maximum absolute atomic E-state index is 14.1. The Kier molecular flexibility index (Phi) is 5.99. The highest BCUT2D eigenvalue weighted by Gasteiger charge is 2.44. The smallest absolute Gasteiger partial charge is 0.275 e. The number of hydrogen-bond acceptors (Lipinski definition) is 3. The van der Waals surface area contributed by atoms with Gasteiger partial charge < -0.3 is 10.2 Å². The minimum Gasteiger partial charge on any atom is -0.368 e. The predicted molar refractivity (Wildman–Crippen MR) is 112 cm³/mol. The number of thiocarbonyl (C=S) groups is 1. The van der Waals surface area contributed by atoms with Gasteiger partial charge in [-0.3, -0.25) is 9.48 Å². The zero-order valence-electron chi connectivity index (χ0n) is 15.6. The summed E-state index contributed by atoms with van der Waals surface area (Å²) in [5.41, 5.74) is -0.634. The molecule has 5 nitrogen and oxygen atoms in total. The Balaban J connectivity index is 1.98. The first-order valence-electron chi connectivity index (χ1n) is 8.54. The molecule has 1 aromatic carbocycles. The van der Waals surface area contributed by atoms with Crippen LogP contribution in [0.15, 0.2) is 22.7 Å². The van der Waals surface area contributed by atoms with E-state index >= 15 is 0 Å². The maximum Gasteiger partial charge on any atom is 0.275 e. The van der Waals surface area contributed by atoms with E-state index in [1.54, 1.807) is 19.0 Å². The summed E-state index contributed by atoms with van der Waals surface area (Å²) < 4.78 is 43.9. The lowest BCUT2D eigenvalue weighted by Crippen LogP contribution is -2.32. The number of alkyl halides is 2. The number of halogens is 5. The lowest BCUT2D eigenvalue weighted by molar-refractivity contribution is -0.118. The van der Waals surface area contributed by atoms with Gasteiger partial charge in [0.1, 0.15) is 11.0 Å². The topological polar surface area (TPSA) is 50.2 Å². The number of aromatic nitrogens is 2. The number of hydrogen-bond donors (Lipinski definition) is 1. The predicted octanol–water partition coefficient (Wildman–Crippen LogP) is 4.70. The van der Waals surface area contributed by atoms with Crippen LogP contribution in [0.3, 0.4) is 0 Å². The normalized spacial score (nSPS) is 19.7. The van der Waals surface area contributed by atoms with E-state index in [-0.39, 0.29) is 5.69 Å². The third-order valence-electron chi connectivity index (χ3n) is 4.81. The Morgan fingerprint density at radius 2 is 2.07 bits per heavy atom. The minimum atomic E-state index is -3.47. The Morgan fingerprint density at radius 3 is 2.62 bits per heavy atom. The summed E-state index contributed by atoms with van der Waals surface area (Å²) in [6.45, 7) is 0.966. The third kappa shape index (κ3) is 4.02. The Morgan fingerprint density at radius 1 is 1.41 bits per heavy atom. The van der Waals surface area contributed by atoms with Gasteiger partial charge in [0.25, 0.3) is 5.92 Å². The minimum absolute atomic E-state index is 0.295. The number of likely N-dealkylation sites (N-methyl/N-ethyl adjacent to an activating group) is 1. The fourth-order valence-corrected chi connectivity index (χ4v) is 4.57. The quantitative estimate of drug-likeness (QED) is 0.607. The van der Waals surface area contributed by atoms with Crippen molar-refractivity contribution in [2.45, 2.75) is 18.8 Å². The van der Waals surface area contributed by atoms with Crippen molar-refractivity contribution in [1.29, 1.82) is 0 Å². The molecular formula is C18H17BrClF3N4OS. The van der Waals surface area contributed by atoms with Crippen molar-refractivity contribution in [3.8, 4) is 0 Å². The van der Waals surface area contributed by atoms with Crippen LogP contribution < -0.4 is 5.32 Å². The van der Waals surface area contributed by atoms with Crippen LogP contribution >= 0.6 is 39.7 Å². The summed E-state index contributed by atoms with van der Waals surface area (Å²) in [5, 5.41) is 7.16. The number of carbonyl (C=O) groups excluding carboxylic acids is 1. The lowest BCUT2D eigenvalue weighted by atomic mass is 9.91. The van der Waals surface area contributed by atoms with E-state index in [9.17, 15) is 18.0 Å². The number of aryl methyl sites for hydroxylation is 1. The van der Waals surface area contributed by atoms with E-state index < -0.39 is 35.0 Å². The van der Waals surface area contributed by atoms with Crippen molar-refractivity contribution in [3.05, 3.63) is 44.9 Å². The Bertz CT molecular complexity index is 994. The van der Waals surface area contributed by atoms with Crippen LogP contribution in [0.5, 0.6) is 0 Å². The van der Waals surface area contributed by atoms with Gasteiger partial charge in [-0.05, 0) is 28.1 Å². The second kappa shape index (κ2) is 7.88. The molecule has 0 spiro atoms. The van der Waals surface area contributed by atoms with Crippen molar-refractivity contribution < 1.29 is 18.0 Å². The molecule has 0 aliphatic carbocycles. The van der Waals surface area contributed by atoms with Gasteiger partial charge in [-0.2, -0.15) is 5.10 Å². The first-order chi connectivity index (χ1) is 13.4. The van der Waals surface area contributed by atoms with Gasteiger partial charge in [0.05, 0.1) is 32.3 Å². The number of nitrogens with zero attached hydrogens (tertiary/aromatic N) is 3. The summed E-state index contributed by atoms with van der Waals surface area (Å²) in [6, 6.07) is 3.41. The summed E-state index contributed by atoms with van der Waals surface area (Å²) >= 11 is 15.0. The highest BCUT2D eigenvalue weighted by atomic mass is 79.9. The van der Waals surface area contributed by atoms with E-state index in [0.717, 1.165) is 6.07 Å². The van der Waals surface area contributed by atoms with E-state index in [2.05, 4.69) is 26.3 Å². The molecular weight excluding hydrogens is 493 g/mol. The van der Waals surface area contributed by atoms with Gasteiger partial charge in [-0.15, -0.1) is 0 Å². The van der Waals surface area contributed by atoms with E-state index in [0.29, 0.717) is 33.8 Å². The number of anilines is 1. The van der Waals surface area contributed by atoms with Crippen LogP contribution in [-0.2, 0) is 17.8 Å². The molecule has 3 rings (SSSR count). The lowest BCUT2D eigenvalue weighted by Gasteiger charge is -2.20. The van der Waals surface area contributed by atoms with Gasteiger partial charge in [0.2, 0.25) is 5.91 Å². The van der Waals surface area contributed by atoms with Gasteiger partial charge in [-0.1, -0.05) is 29.9 Å². The summed E-state index contributed by atoms with van der Waals surface area (Å²) in [5.74, 6) is -6.51. The van der Waals surface area contributed by atoms with E-state index in [1.807, 2.05) is 0 Å².